The van der Waals surface area contributed by atoms with Crippen LogP contribution in [0.1, 0.15) is 22.2 Å². The Morgan fingerprint density at radius 1 is 1.15 bits per heavy atom. The molecule has 4 aromatic heterocycles. The van der Waals surface area contributed by atoms with Gasteiger partial charge in [0.2, 0.25) is 5.89 Å². The number of hydrogen-bond acceptors (Lipinski definition) is 7. The highest BCUT2D eigenvalue weighted by molar-refractivity contribution is 6.00. The third kappa shape index (κ3) is 3.12. The minimum absolute atomic E-state index is 0.161. The molecule has 0 bridgehead atoms. The first-order valence-corrected chi connectivity index (χ1v) is 7.93. The van der Waals surface area contributed by atoms with Gasteiger partial charge < -0.3 is 9.84 Å². The van der Waals surface area contributed by atoms with Crippen LogP contribution in [-0.2, 0) is 6.54 Å². The lowest BCUT2D eigenvalue weighted by atomic mass is 10.0. The summed E-state index contributed by atoms with van der Waals surface area (Å²) in [5.74, 6) is 0.536. The van der Waals surface area contributed by atoms with E-state index in [1.165, 1.54) is 0 Å². The Morgan fingerprint density at radius 3 is 2.81 bits per heavy atom. The number of aromatic nitrogens is 5. The largest absolute Gasteiger partial charge is 0.343 e. The maximum absolute atomic E-state index is 12.6. The number of nitrogens with one attached hydrogen (secondary N) is 1. The summed E-state index contributed by atoms with van der Waals surface area (Å²) < 4.78 is 4.90. The van der Waals surface area contributed by atoms with Gasteiger partial charge in [-0.15, -0.1) is 0 Å². The molecule has 8 heteroatoms. The van der Waals surface area contributed by atoms with E-state index >= 15 is 0 Å². The van der Waals surface area contributed by atoms with Gasteiger partial charge in [0.25, 0.3) is 5.91 Å². The summed E-state index contributed by atoms with van der Waals surface area (Å²) in [5.41, 5.74) is 2.71. The van der Waals surface area contributed by atoms with E-state index in [1.807, 2.05) is 12.1 Å². The highest BCUT2D eigenvalue weighted by Gasteiger charge is 2.14. The van der Waals surface area contributed by atoms with Gasteiger partial charge in [-0.2, -0.15) is 4.98 Å². The molecule has 0 saturated carbocycles. The zero-order valence-corrected chi connectivity index (χ0v) is 13.9. The maximum atomic E-state index is 12.6. The summed E-state index contributed by atoms with van der Waals surface area (Å²) in [6.45, 7) is 1.85. The van der Waals surface area contributed by atoms with Crippen LogP contribution in [-0.4, -0.2) is 31.0 Å². The lowest BCUT2D eigenvalue weighted by molar-refractivity contribution is 0.0945. The number of hydrogen-bond donors (Lipinski definition) is 1. The number of carbonyl (C=O) groups excluding carboxylic acids is 1. The molecule has 0 aliphatic heterocycles. The van der Waals surface area contributed by atoms with Crippen LogP contribution < -0.4 is 5.32 Å². The zero-order chi connectivity index (χ0) is 17.9. The maximum Gasteiger partial charge on any atom is 0.270 e. The van der Waals surface area contributed by atoms with E-state index in [2.05, 4.69) is 30.4 Å². The lowest BCUT2D eigenvalue weighted by Crippen LogP contribution is -2.24. The Kier molecular flexibility index (Phi) is 4.06. The number of carbonyl (C=O) groups is 1. The van der Waals surface area contributed by atoms with Gasteiger partial charge in [-0.1, -0.05) is 11.2 Å². The first-order valence-electron chi connectivity index (χ1n) is 7.93. The topological polar surface area (TPSA) is 107 Å². The SMILES string of the molecule is Cc1nc(CNC(=O)c2cc(-c3cccnc3)c3cnccc3n2)no1. The molecule has 0 aliphatic carbocycles. The number of nitrogens with zero attached hydrogens (tertiary/aromatic N) is 5. The number of aryl methyl sites for hydroxylation is 1. The first-order chi connectivity index (χ1) is 12.7. The van der Waals surface area contributed by atoms with E-state index in [1.54, 1.807) is 43.8 Å². The summed E-state index contributed by atoms with van der Waals surface area (Å²) in [5, 5.41) is 7.37. The van der Waals surface area contributed by atoms with Gasteiger partial charge in [0.1, 0.15) is 5.69 Å². The first kappa shape index (κ1) is 15.8. The van der Waals surface area contributed by atoms with Crippen LogP contribution in [0.2, 0.25) is 0 Å². The molecule has 1 amide bonds. The minimum atomic E-state index is -0.323. The van der Waals surface area contributed by atoms with Crippen LogP contribution in [0.3, 0.4) is 0 Å². The fourth-order valence-electron chi connectivity index (χ4n) is 2.61. The second-order valence-corrected chi connectivity index (χ2v) is 5.60. The Bertz CT molecular complexity index is 1080. The van der Waals surface area contributed by atoms with Crippen molar-refractivity contribution in [3.63, 3.8) is 0 Å². The normalized spacial score (nSPS) is 10.8. The second-order valence-electron chi connectivity index (χ2n) is 5.60. The Balaban J connectivity index is 1.70. The van der Waals surface area contributed by atoms with E-state index in [4.69, 9.17) is 4.52 Å². The summed E-state index contributed by atoms with van der Waals surface area (Å²) in [6.07, 6.45) is 6.82. The molecular weight excluding hydrogens is 332 g/mol. The molecule has 0 spiro atoms. The van der Waals surface area contributed by atoms with E-state index in [0.717, 1.165) is 16.5 Å². The van der Waals surface area contributed by atoms with E-state index in [9.17, 15) is 4.79 Å². The molecule has 1 N–H and O–H groups in total. The van der Waals surface area contributed by atoms with Crippen LogP contribution in [0.15, 0.2) is 53.6 Å². The Hall–Kier alpha value is -3.68. The number of rotatable bonds is 4. The average molecular weight is 346 g/mol. The molecule has 26 heavy (non-hydrogen) atoms. The highest BCUT2D eigenvalue weighted by Crippen LogP contribution is 2.27. The molecule has 0 unspecified atom stereocenters. The molecule has 128 valence electrons. The van der Waals surface area contributed by atoms with Crippen molar-refractivity contribution < 1.29 is 9.32 Å². The summed E-state index contributed by atoms with van der Waals surface area (Å²) >= 11 is 0. The molecule has 8 nitrogen and oxygen atoms in total. The molecule has 0 fully saturated rings. The predicted octanol–water partition coefficient (Wildman–Crippen LogP) is 2.31. The number of pyridine rings is 3. The smallest absolute Gasteiger partial charge is 0.270 e. The third-order valence-electron chi connectivity index (χ3n) is 3.79. The van der Waals surface area contributed by atoms with Crippen molar-refractivity contribution in [2.75, 3.05) is 0 Å². The standard InChI is InChI=1S/C18H14N6O2/c1-11-22-17(24-26-11)10-21-18(25)16-7-13(12-3-2-5-19-8-12)14-9-20-6-4-15(14)23-16/h2-9H,10H2,1H3,(H,21,25). The molecule has 4 heterocycles. The van der Waals surface area contributed by atoms with Gasteiger partial charge in [0.05, 0.1) is 12.1 Å². The predicted molar refractivity (Wildman–Crippen MR) is 93.0 cm³/mol. The third-order valence-corrected chi connectivity index (χ3v) is 3.79. The van der Waals surface area contributed by atoms with Gasteiger partial charge in [-0.05, 0) is 23.8 Å². The van der Waals surface area contributed by atoms with Crippen LogP contribution in [0, 0.1) is 6.92 Å². The summed E-state index contributed by atoms with van der Waals surface area (Å²) in [4.78, 5) is 29.4. The quantitative estimate of drug-likeness (QED) is 0.604. The average Bonchev–Trinajstić information content (AvgIpc) is 3.11. The van der Waals surface area contributed by atoms with Gasteiger partial charge in [-0.3, -0.25) is 14.8 Å². The molecule has 0 saturated heterocycles. The van der Waals surface area contributed by atoms with Crippen LogP contribution in [0.4, 0.5) is 0 Å². The zero-order valence-electron chi connectivity index (χ0n) is 13.9. The molecule has 0 radical (unpaired) electrons. The van der Waals surface area contributed by atoms with Gasteiger partial charge in [-0.25, -0.2) is 4.98 Å². The monoisotopic (exact) mass is 346 g/mol. The summed E-state index contributed by atoms with van der Waals surface area (Å²) in [7, 11) is 0. The van der Waals surface area contributed by atoms with Crippen molar-refractivity contribution in [2.24, 2.45) is 0 Å². The minimum Gasteiger partial charge on any atom is -0.343 e. The van der Waals surface area contributed by atoms with E-state index in [-0.39, 0.29) is 12.5 Å². The van der Waals surface area contributed by atoms with Gasteiger partial charge >= 0.3 is 0 Å². The summed E-state index contributed by atoms with van der Waals surface area (Å²) in [6, 6.07) is 7.28. The fraction of sp³-hybridized carbons (Fsp3) is 0.111. The molecule has 0 atom stereocenters. The lowest BCUT2D eigenvalue weighted by Gasteiger charge is -2.09. The van der Waals surface area contributed by atoms with Crippen LogP contribution >= 0.6 is 0 Å². The molecule has 0 aliphatic rings. The number of amides is 1. The second kappa shape index (κ2) is 6.67. The van der Waals surface area contributed by atoms with Crippen LogP contribution in [0.25, 0.3) is 22.0 Å². The Labute approximate surface area is 148 Å². The van der Waals surface area contributed by atoms with Crippen molar-refractivity contribution >= 4 is 16.8 Å². The van der Waals surface area contributed by atoms with E-state index < -0.39 is 0 Å². The molecule has 4 rings (SSSR count). The van der Waals surface area contributed by atoms with Crippen molar-refractivity contribution in [1.29, 1.82) is 0 Å². The van der Waals surface area contributed by atoms with Crippen molar-refractivity contribution in [1.82, 2.24) is 30.4 Å². The Morgan fingerprint density at radius 2 is 2.04 bits per heavy atom. The molecular formula is C18H14N6O2. The highest BCUT2D eigenvalue weighted by atomic mass is 16.5. The van der Waals surface area contributed by atoms with Gasteiger partial charge in [0.15, 0.2) is 5.82 Å². The van der Waals surface area contributed by atoms with Gasteiger partial charge in [0, 0.05) is 42.7 Å². The fourth-order valence-corrected chi connectivity index (χ4v) is 2.61. The molecule has 0 aromatic carbocycles. The number of fused-ring (bicyclic) bond motifs is 1. The van der Waals surface area contributed by atoms with Crippen LogP contribution in [0.5, 0.6) is 0 Å². The van der Waals surface area contributed by atoms with Crippen molar-refractivity contribution in [3.8, 4) is 11.1 Å². The van der Waals surface area contributed by atoms with Crippen molar-refractivity contribution in [3.05, 3.63) is 66.5 Å². The van der Waals surface area contributed by atoms with Crippen molar-refractivity contribution in [2.45, 2.75) is 13.5 Å². The molecule has 4 aromatic rings. The van der Waals surface area contributed by atoms with E-state index in [0.29, 0.717) is 22.9 Å².